The number of likely N-dealkylation sites (tertiary alicyclic amines) is 1. The first-order chi connectivity index (χ1) is 18.4. The third-order valence-corrected chi connectivity index (χ3v) is 8.99. The zero-order valence-corrected chi connectivity index (χ0v) is 22.8. The number of hydrogen-bond donors (Lipinski definition) is 2. The van der Waals surface area contributed by atoms with Gasteiger partial charge < -0.3 is 15.5 Å². The molecule has 2 saturated carbocycles. The van der Waals surface area contributed by atoms with Crippen molar-refractivity contribution in [2.24, 2.45) is 5.41 Å². The van der Waals surface area contributed by atoms with Gasteiger partial charge in [-0.05, 0) is 108 Å². The van der Waals surface area contributed by atoms with Gasteiger partial charge in [0, 0.05) is 11.9 Å². The van der Waals surface area contributed by atoms with Crippen LogP contribution in [0.15, 0.2) is 29.1 Å². The molecule has 2 aromatic rings. The van der Waals surface area contributed by atoms with Crippen LogP contribution in [0.2, 0.25) is 0 Å². The number of para-hydroxylation sites is 1. The first kappa shape index (κ1) is 26.7. The fourth-order valence-corrected chi connectivity index (χ4v) is 6.15. The van der Waals surface area contributed by atoms with Crippen molar-refractivity contribution in [1.82, 2.24) is 19.8 Å². The highest BCUT2D eigenvalue weighted by Gasteiger charge is 2.40. The van der Waals surface area contributed by atoms with Crippen molar-refractivity contribution in [1.29, 1.82) is 5.26 Å². The molecule has 1 saturated heterocycles. The molecule has 1 amide bonds. The molecule has 1 aliphatic heterocycles. The molecule has 5 rings (SSSR count). The van der Waals surface area contributed by atoms with Gasteiger partial charge in [0.05, 0.1) is 11.6 Å². The number of aromatic nitrogens is 2. The number of benzene rings is 1. The van der Waals surface area contributed by atoms with E-state index in [4.69, 9.17) is 0 Å². The normalized spacial score (nSPS) is 21.1. The first-order valence-corrected chi connectivity index (χ1v) is 14.6. The molecule has 3 aliphatic rings. The molecule has 3 fully saturated rings. The Bertz CT molecular complexity index is 1230. The highest BCUT2D eigenvalue weighted by Crippen LogP contribution is 2.49. The van der Waals surface area contributed by atoms with Crippen LogP contribution in [0.3, 0.4) is 0 Å². The van der Waals surface area contributed by atoms with Crippen LogP contribution in [0, 0.1) is 16.7 Å². The van der Waals surface area contributed by atoms with Gasteiger partial charge >= 0.3 is 5.69 Å². The summed E-state index contributed by atoms with van der Waals surface area (Å²) in [5.41, 5.74) is 0.0512. The van der Waals surface area contributed by atoms with Gasteiger partial charge in [0.2, 0.25) is 5.91 Å². The van der Waals surface area contributed by atoms with Crippen LogP contribution in [-0.2, 0) is 11.3 Å². The SMILES string of the molecule is CC1(CCC(Nc2nc(=O)n(CCCN3CCCCC3)c3ccccc23)C(=O)NC2(C#N)CCCC2)CC1. The Hall–Kier alpha value is -2.92. The minimum absolute atomic E-state index is 0.172. The van der Waals surface area contributed by atoms with Crippen molar-refractivity contribution in [2.75, 3.05) is 25.0 Å². The number of nitrogens with one attached hydrogen (secondary N) is 2. The van der Waals surface area contributed by atoms with Gasteiger partial charge in [0.15, 0.2) is 0 Å². The summed E-state index contributed by atoms with van der Waals surface area (Å²) in [5, 5.41) is 17.1. The van der Waals surface area contributed by atoms with Crippen LogP contribution in [0.5, 0.6) is 0 Å². The predicted molar refractivity (Wildman–Crippen MR) is 150 cm³/mol. The fourth-order valence-electron chi connectivity index (χ4n) is 6.15. The number of nitriles is 1. The second kappa shape index (κ2) is 11.4. The third kappa shape index (κ3) is 6.20. The molecule has 2 aliphatic carbocycles. The van der Waals surface area contributed by atoms with Gasteiger partial charge in [0.25, 0.3) is 0 Å². The molecule has 1 atom stereocenters. The van der Waals surface area contributed by atoms with Crippen LogP contribution >= 0.6 is 0 Å². The molecule has 1 aromatic heterocycles. The summed E-state index contributed by atoms with van der Waals surface area (Å²) in [4.78, 5) is 33.7. The Kier molecular flexibility index (Phi) is 8.04. The van der Waals surface area contributed by atoms with E-state index < -0.39 is 11.6 Å². The predicted octanol–water partition coefficient (Wildman–Crippen LogP) is 4.59. The molecule has 1 aromatic carbocycles. The Balaban J connectivity index is 1.36. The molecular formula is C30H42N6O2. The van der Waals surface area contributed by atoms with Gasteiger partial charge in [-0.15, -0.1) is 0 Å². The lowest BCUT2D eigenvalue weighted by molar-refractivity contribution is -0.123. The maximum absolute atomic E-state index is 13.5. The van der Waals surface area contributed by atoms with E-state index in [1.165, 1.54) is 32.1 Å². The summed E-state index contributed by atoms with van der Waals surface area (Å²) in [6.07, 6.45) is 11.9. The first-order valence-electron chi connectivity index (χ1n) is 14.6. The average Bonchev–Trinajstić information content (AvgIpc) is 3.49. The topological polar surface area (TPSA) is 103 Å². The number of hydrogen-bond acceptors (Lipinski definition) is 6. The lowest BCUT2D eigenvalue weighted by Gasteiger charge is -2.27. The molecule has 204 valence electrons. The van der Waals surface area contributed by atoms with E-state index in [0.29, 0.717) is 31.6 Å². The number of fused-ring (bicyclic) bond motifs is 1. The van der Waals surface area contributed by atoms with Crippen LogP contribution in [0.4, 0.5) is 5.82 Å². The summed E-state index contributed by atoms with van der Waals surface area (Å²) in [6, 6.07) is 9.64. The van der Waals surface area contributed by atoms with E-state index in [2.05, 4.69) is 33.5 Å². The Morgan fingerprint density at radius 2 is 1.82 bits per heavy atom. The minimum Gasteiger partial charge on any atom is -0.358 e. The summed E-state index contributed by atoms with van der Waals surface area (Å²) in [6.45, 7) is 6.16. The number of carbonyl (C=O) groups excluding carboxylic acids is 1. The van der Waals surface area contributed by atoms with Crippen LogP contribution < -0.4 is 16.3 Å². The zero-order valence-electron chi connectivity index (χ0n) is 22.8. The molecule has 0 spiro atoms. The Morgan fingerprint density at radius 3 is 2.53 bits per heavy atom. The number of piperidine rings is 1. The molecule has 2 heterocycles. The van der Waals surface area contributed by atoms with Crippen molar-refractivity contribution in [2.45, 2.75) is 102 Å². The molecule has 0 radical (unpaired) electrons. The van der Waals surface area contributed by atoms with Crippen molar-refractivity contribution in [3.63, 3.8) is 0 Å². The lowest BCUT2D eigenvalue weighted by Crippen LogP contribution is -2.51. The van der Waals surface area contributed by atoms with Gasteiger partial charge in [-0.1, -0.05) is 25.5 Å². The fraction of sp³-hybridized carbons (Fsp3) is 0.667. The largest absolute Gasteiger partial charge is 0.358 e. The van der Waals surface area contributed by atoms with Crippen molar-refractivity contribution in [3.05, 3.63) is 34.7 Å². The number of carbonyl (C=O) groups is 1. The quantitative estimate of drug-likeness (QED) is 0.451. The van der Waals surface area contributed by atoms with Crippen LogP contribution in [0.25, 0.3) is 10.9 Å². The van der Waals surface area contributed by atoms with Crippen molar-refractivity contribution < 1.29 is 4.79 Å². The number of aryl methyl sites for hydroxylation is 1. The maximum atomic E-state index is 13.5. The Morgan fingerprint density at radius 1 is 1.08 bits per heavy atom. The van der Waals surface area contributed by atoms with Gasteiger partial charge in [-0.2, -0.15) is 10.2 Å². The maximum Gasteiger partial charge on any atom is 0.350 e. The smallest absolute Gasteiger partial charge is 0.350 e. The molecule has 0 bridgehead atoms. The zero-order chi connectivity index (χ0) is 26.6. The number of nitrogens with zero attached hydrogens (tertiary/aromatic N) is 4. The molecule has 38 heavy (non-hydrogen) atoms. The summed E-state index contributed by atoms with van der Waals surface area (Å²) >= 11 is 0. The standard InChI is InChI=1S/C30H42N6O2/c1-29(16-17-29)15-12-24(27(37)34-30(22-31)13-5-6-14-30)32-26-23-10-3-4-11-25(23)36(28(38)33-26)21-9-20-35-18-7-2-8-19-35/h3-4,10-11,24H,2,5-9,12-21H2,1H3,(H,34,37)(H,32,33,38). The highest BCUT2D eigenvalue weighted by molar-refractivity contribution is 5.92. The average molecular weight is 519 g/mol. The monoisotopic (exact) mass is 518 g/mol. The van der Waals surface area contributed by atoms with E-state index in [1.807, 2.05) is 24.3 Å². The van der Waals surface area contributed by atoms with E-state index in [9.17, 15) is 14.9 Å². The highest BCUT2D eigenvalue weighted by atomic mass is 16.2. The molecule has 2 N–H and O–H groups in total. The number of rotatable bonds is 11. The third-order valence-electron chi connectivity index (χ3n) is 8.99. The van der Waals surface area contributed by atoms with Crippen LogP contribution in [0.1, 0.15) is 84.0 Å². The van der Waals surface area contributed by atoms with E-state index in [-0.39, 0.29) is 17.0 Å². The van der Waals surface area contributed by atoms with E-state index >= 15 is 0 Å². The molecular weight excluding hydrogens is 476 g/mol. The van der Waals surface area contributed by atoms with Crippen LogP contribution in [-0.4, -0.2) is 51.6 Å². The number of amides is 1. The van der Waals surface area contributed by atoms with Gasteiger partial charge in [0.1, 0.15) is 17.4 Å². The Labute approximate surface area is 225 Å². The van der Waals surface area contributed by atoms with Gasteiger partial charge in [-0.25, -0.2) is 4.79 Å². The van der Waals surface area contributed by atoms with E-state index in [1.54, 1.807) is 4.57 Å². The van der Waals surface area contributed by atoms with Crippen molar-refractivity contribution in [3.8, 4) is 6.07 Å². The second-order valence-electron chi connectivity index (χ2n) is 12.1. The summed E-state index contributed by atoms with van der Waals surface area (Å²) in [5.74, 6) is 0.283. The summed E-state index contributed by atoms with van der Waals surface area (Å²) < 4.78 is 1.77. The van der Waals surface area contributed by atoms with Gasteiger partial charge in [-0.3, -0.25) is 9.36 Å². The molecule has 8 heteroatoms. The van der Waals surface area contributed by atoms with E-state index in [0.717, 1.165) is 56.2 Å². The second-order valence-corrected chi connectivity index (χ2v) is 12.1. The minimum atomic E-state index is -0.784. The van der Waals surface area contributed by atoms with Crippen molar-refractivity contribution >= 4 is 22.6 Å². The summed E-state index contributed by atoms with van der Waals surface area (Å²) in [7, 11) is 0. The molecule has 8 nitrogen and oxygen atoms in total. The molecule has 1 unspecified atom stereocenters. The lowest BCUT2D eigenvalue weighted by atomic mass is 9.96. The number of anilines is 1.